The minimum absolute atomic E-state index is 0.223. The Morgan fingerprint density at radius 2 is 2.07 bits per heavy atom. The summed E-state index contributed by atoms with van der Waals surface area (Å²) in [6.07, 6.45) is 2.14. The van der Waals surface area contributed by atoms with Gasteiger partial charge >= 0.3 is 6.09 Å². The Hall–Kier alpha value is -2.94. The molecule has 9 nitrogen and oxygen atoms in total. The van der Waals surface area contributed by atoms with Crippen molar-refractivity contribution in [2.45, 2.75) is 50.9 Å². The molecule has 4 rings (SSSR count). The molecule has 4 amide bonds. The van der Waals surface area contributed by atoms with E-state index in [-0.39, 0.29) is 30.9 Å². The maximum atomic E-state index is 12.8. The van der Waals surface area contributed by atoms with Crippen LogP contribution in [0.4, 0.5) is 4.79 Å². The molecule has 2 fully saturated rings. The van der Waals surface area contributed by atoms with Crippen molar-refractivity contribution in [3.8, 4) is 0 Å². The van der Waals surface area contributed by atoms with Crippen molar-refractivity contribution in [3.63, 3.8) is 0 Å². The SMILES string of the molecule is COC1CC(COC(=O)NCc2ccc3c(c2)C(=O)N(C2CCC(=O)NC2=O)C3)C1. The molecule has 0 aromatic heterocycles. The van der Waals surface area contributed by atoms with Crippen molar-refractivity contribution in [2.75, 3.05) is 13.7 Å². The first-order valence-electron chi connectivity index (χ1n) is 10.1. The van der Waals surface area contributed by atoms with E-state index in [4.69, 9.17) is 9.47 Å². The first-order chi connectivity index (χ1) is 14.4. The molecule has 2 N–H and O–H groups in total. The van der Waals surface area contributed by atoms with Gasteiger partial charge in [-0.3, -0.25) is 19.7 Å². The summed E-state index contributed by atoms with van der Waals surface area (Å²) in [5.74, 6) is -0.630. The number of rotatable bonds is 6. The van der Waals surface area contributed by atoms with Gasteiger partial charge in [-0.1, -0.05) is 12.1 Å². The van der Waals surface area contributed by atoms with Crippen LogP contribution in [0, 0.1) is 5.92 Å². The summed E-state index contributed by atoms with van der Waals surface area (Å²) >= 11 is 0. The zero-order chi connectivity index (χ0) is 21.3. The van der Waals surface area contributed by atoms with E-state index in [1.54, 1.807) is 13.2 Å². The monoisotopic (exact) mass is 415 g/mol. The molecule has 0 bridgehead atoms. The molecule has 1 aliphatic carbocycles. The van der Waals surface area contributed by atoms with E-state index in [2.05, 4.69) is 10.6 Å². The maximum Gasteiger partial charge on any atom is 0.407 e. The number of piperidine rings is 1. The standard InChI is InChI=1S/C21H25N3O6/c1-29-15-6-13(7-15)11-30-21(28)22-9-12-2-3-14-10-24(20(27)16(14)8-12)17-4-5-18(25)23-19(17)26/h2-3,8,13,15,17H,4-7,9-11H2,1H3,(H,22,28)(H,23,25,26). The molecule has 1 aromatic carbocycles. The van der Waals surface area contributed by atoms with Crippen LogP contribution in [-0.4, -0.2) is 54.6 Å². The van der Waals surface area contributed by atoms with Gasteiger partial charge in [-0.2, -0.15) is 0 Å². The Kier molecular flexibility index (Phi) is 5.72. The predicted molar refractivity (Wildman–Crippen MR) is 104 cm³/mol. The number of alkyl carbamates (subject to hydrolysis) is 1. The highest BCUT2D eigenvalue weighted by Crippen LogP contribution is 2.30. The highest BCUT2D eigenvalue weighted by atomic mass is 16.5. The number of amides is 4. The van der Waals surface area contributed by atoms with Crippen LogP contribution in [-0.2, 0) is 32.2 Å². The first kappa shape index (κ1) is 20.3. The fraction of sp³-hybridized carbons (Fsp3) is 0.524. The predicted octanol–water partition coefficient (Wildman–Crippen LogP) is 1.10. The van der Waals surface area contributed by atoms with Crippen molar-refractivity contribution in [1.29, 1.82) is 0 Å². The number of carbonyl (C=O) groups is 4. The Balaban J connectivity index is 1.29. The summed E-state index contributed by atoms with van der Waals surface area (Å²) in [4.78, 5) is 49.7. The van der Waals surface area contributed by atoms with Crippen LogP contribution in [0.3, 0.4) is 0 Å². The average molecular weight is 415 g/mol. The van der Waals surface area contributed by atoms with Crippen LogP contribution < -0.4 is 10.6 Å². The van der Waals surface area contributed by atoms with Crippen LogP contribution in [0.2, 0.25) is 0 Å². The number of hydrogen-bond acceptors (Lipinski definition) is 6. The Bertz CT molecular complexity index is 879. The van der Waals surface area contributed by atoms with Crippen LogP contribution in [0.5, 0.6) is 0 Å². The smallest absolute Gasteiger partial charge is 0.407 e. The zero-order valence-corrected chi connectivity index (χ0v) is 16.8. The van der Waals surface area contributed by atoms with Gasteiger partial charge in [0.25, 0.3) is 5.91 Å². The van der Waals surface area contributed by atoms with Crippen molar-refractivity contribution in [1.82, 2.24) is 15.5 Å². The molecular formula is C21H25N3O6. The summed E-state index contributed by atoms with van der Waals surface area (Å²) in [6, 6.07) is 4.78. The molecule has 2 heterocycles. The van der Waals surface area contributed by atoms with Gasteiger partial charge in [0.2, 0.25) is 11.8 Å². The minimum atomic E-state index is -0.636. The number of carbonyl (C=O) groups excluding carboxylic acids is 4. The zero-order valence-electron chi connectivity index (χ0n) is 16.8. The second kappa shape index (κ2) is 8.43. The molecule has 1 unspecified atom stereocenters. The van der Waals surface area contributed by atoms with Gasteiger partial charge in [0.1, 0.15) is 6.04 Å². The molecule has 1 aromatic rings. The summed E-state index contributed by atoms with van der Waals surface area (Å²) in [7, 11) is 1.68. The van der Waals surface area contributed by atoms with Gasteiger partial charge < -0.3 is 19.7 Å². The lowest BCUT2D eigenvalue weighted by molar-refractivity contribution is -0.136. The molecule has 2 aliphatic heterocycles. The molecule has 1 atom stereocenters. The number of benzene rings is 1. The summed E-state index contributed by atoms with van der Waals surface area (Å²) in [6.45, 7) is 0.943. The third kappa shape index (κ3) is 4.16. The van der Waals surface area contributed by atoms with Gasteiger partial charge in [-0.25, -0.2) is 4.79 Å². The summed E-state index contributed by atoms with van der Waals surface area (Å²) in [5.41, 5.74) is 2.12. The van der Waals surface area contributed by atoms with E-state index in [1.807, 2.05) is 12.1 Å². The lowest BCUT2D eigenvalue weighted by Crippen LogP contribution is -2.52. The third-order valence-electron chi connectivity index (χ3n) is 6.01. The summed E-state index contributed by atoms with van der Waals surface area (Å²) in [5, 5.41) is 4.99. The lowest BCUT2D eigenvalue weighted by atomic mass is 9.83. The van der Waals surface area contributed by atoms with Crippen LogP contribution in [0.1, 0.15) is 47.2 Å². The van der Waals surface area contributed by atoms with E-state index >= 15 is 0 Å². The van der Waals surface area contributed by atoms with Gasteiger partial charge in [0, 0.05) is 32.2 Å². The van der Waals surface area contributed by atoms with E-state index in [0.29, 0.717) is 31.1 Å². The summed E-state index contributed by atoms with van der Waals surface area (Å²) < 4.78 is 10.4. The van der Waals surface area contributed by atoms with Crippen molar-refractivity contribution < 1.29 is 28.7 Å². The normalized spacial score (nSPS) is 25.4. The molecule has 9 heteroatoms. The van der Waals surface area contributed by atoms with Crippen LogP contribution in [0.25, 0.3) is 0 Å². The first-order valence-corrected chi connectivity index (χ1v) is 10.1. The molecule has 0 radical (unpaired) electrons. The van der Waals surface area contributed by atoms with E-state index in [1.165, 1.54) is 4.90 Å². The quantitative estimate of drug-likeness (QED) is 0.673. The van der Waals surface area contributed by atoms with Gasteiger partial charge in [-0.05, 0) is 42.4 Å². The van der Waals surface area contributed by atoms with E-state index in [0.717, 1.165) is 24.0 Å². The van der Waals surface area contributed by atoms with E-state index in [9.17, 15) is 19.2 Å². The van der Waals surface area contributed by atoms with Gasteiger partial charge in [0.15, 0.2) is 0 Å². The van der Waals surface area contributed by atoms with Crippen LogP contribution in [0.15, 0.2) is 18.2 Å². The minimum Gasteiger partial charge on any atom is -0.449 e. The Morgan fingerprint density at radius 3 is 2.80 bits per heavy atom. The number of hydrogen-bond donors (Lipinski definition) is 2. The molecule has 1 saturated heterocycles. The fourth-order valence-corrected chi connectivity index (χ4v) is 4.13. The van der Waals surface area contributed by atoms with Crippen molar-refractivity contribution in [3.05, 3.63) is 34.9 Å². The number of fused-ring (bicyclic) bond motifs is 1. The number of nitrogens with zero attached hydrogens (tertiary/aromatic N) is 1. The molecule has 0 spiro atoms. The number of nitrogens with one attached hydrogen (secondary N) is 2. The second-order valence-electron chi connectivity index (χ2n) is 8.04. The second-order valence-corrected chi connectivity index (χ2v) is 8.04. The molecule has 30 heavy (non-hydrogen) atoms. The molecule has 1 saturated carbocycles. The van der Waals surface area contributed by atoms with Crippen molar-refractivity contribution >= 4 is 23.8 Å². The fourth-order valence-electron chi connectivity index (χ4n) is 4.13. The highest BCUT2D eigenvalue weighted by molar-refractivity contribution is 6.05. The largest absolute Gasteiger partial charge is 0.449 e. The maximum absolute atomic E-state index is 12.8. The Morgan fingerprint density at radius 1 is 1.27 bits per heavy atom. The molecule has 160 valence electrons. The highest BCUT2D eigenvalue weighted by Gasteiger charge is 2.39. The van der Waals surface area contributed by atoms with Gasteiger partial charge in [0.05, 0.1) is 12.7 Å². The van der Waals surface area contributed by atoms with E-state index < -0.39 is 18.0 Å². The molecule has 3 aliphatic rings. The lowest BCUT2D eigenvalue weighted by Gasteiger charge is -2.33. The topological polar surface area (TPSA) is 114 Å². The number of ether oxygens (including phenoxy) is 2. The van der Waals surface area contributed by atoms with Crippen LogP contribution >= 0.6 is 0 Å². The average Bonchev–Trinajstić information content (AvgIpc) is 3.01. The Labute approximate surface area is 174 Å². The number of imide groups is 1. The van der Waals surface area contributed by atoms with Crippen molar-refractivity contribution in [2.24, 2.45) is 5.92 Å². The number of methoxy groups -OCH3 is 1. The third-order valence-corrected chi connectivity index (χ3v) is 6.01. The van der Waals surface area contributed by atoms with Gasteiger partial charge in [-0.15, -0.1) is 0 Å². The molecular weight excluding hydrogens is 390 g/mol.